The number of carbonyl (C=O) groups is 1. The third-order valence-electron chi connectivity index (χ3n) is 7.52. The molecule has 1 aromatic heterocycles. The van der Waals surface area contributed by atoms with E-state index in [4.69, 9.17) is 0 Å². The average Bonchev–Trinajstić information content (AvgIpc) is 3.62. The maximum absolute atomic E-state index is 13.8. The summed E-state index contributed by atoms with van der Waals surface area (Å²) in [4.78, 5) is 28.5. The van der Waals surface area contributed by atoms with Crippen molar-refractivity contribution in [3.63, 3.8) is 0 Å². The van der Waals surface area contributed by atoms with Crippen LogP contribution in [0.3, 0.4) is 0 Å². The van der Waals surface area contributed by atoms with E-state index in [-0.39, 0.29) is 41.3 Å². The van der Waals surface area contributed by atoms with Crippen molar-refractivity contribution in [1.29, 1.82) is 0 Å². The molecule has 37 heavy (non-hydrogen) atoms. The van der Waals surface area contributed by atoms with Crippen LogP contribution in [0.4, 0.5) is 27.6 Å². The van der Waals surface area contributed by atoms with E-state index in [1.807, 2.05) is 7.05 Å². The van der Waals surface area contributed by atoms with Gasteiger partial charge in [0, 0.05) is 18.3 Å². The van der Waals surface area contributed by atoms with Gasteiger partial charge in [0.15, 0.2) is 0 Å². The predicted octanol–water partition coefficient (Wildman–Crippen LogP) is 4.93. The largest absolute Gasteiger partial charge is 0.416 e. The first-order chi connectivity index (χ1) is 17.3. The minimum Gasteiger partial charge on any atom is -0.381 e. The smallest absolute Gasteiger partial charge is 0.381 e. The molecule has 202 valence electrons. The molecule has 2 aromatic rings. The van der Waals surface area contributed by atoms with Crippen LogP contribution in [0.5, 0.6) is 0 Å². The number of likely N-dealkylation sites (tertiary alicyclic amines) is 1. The van der Waals surface area contributed by atoms with E-state index in [0.717, 1.165) is 36.6 Å². The first-order valence-electron chi connectivity index (χ1n) is 12.3. The molecule has 0 spiro atoms. The van der Waals surface area contributed by atoms with Gasteiger partial charge in [0.2, 0.25) is 0 Å². The molecule has 2 heterocycles. The Morgan fingerprint density at radius 3 is 2.38 bits per heavy atom. The van der Waals surface area contributed by atoms with E-state index >= 15 is 0 Å². The van der Waals surface area contributed by atoms with Crippen molar-refractivity contribution >= 4 is 11.6 Å². The maximum Gasteiger partial charge on any atom is 0.416 e. The molecule has 1 saturated heterocycles. The van der Waals surface area contributed by atoms with E-state index in [1.54, 1.807) is 6.92 Å². The molecule has 1 aliphatic carbocycles. The summed E-state index contributed by atoms with van der Waals surface area (Å²) in [6, 6.07) is 4.11. The van der Waals surface area contributed by atoms with E-state index in [9.17, 15) is 31.5 Å². The Kier molecular flexibility index (Phi) is 7.38. The summed E-state index contributed by atoms with van der Waals surface area (Å²) in [6.07, 6.45) is -4.39. The number of hydrogen-bond donors (Lipinski definition) is 2. The molecule has 1 aromatic carbocycles. The van der Waals surface area contributed by atoms with Crippen LogP contribution >= 0.6 is 0 Å². The van der Waals surface area contributed by atoms with Crippen LogP contribution in [-0.4, -0.2) is 48.0 Å². The minimum absolute atomic E-state index is 0.00179. The molecule has 1 saturated carbocycles. The molecule has 0 bridgehead atoms. The number of rotatable bonds is 7. The monoisotopic (exact) mass is 526 g/mol. The number of amides is 1. The van der Waals surface area contributed by atoms with Gasteiger partial charge in [0.25, 0.3) is 17.9 Å². The minimum atomic E-state index is -4.54. The standard InChI is InChI=1S/C26H31F5N4O2/c1-15-18(5-4-6-20(15)26(29,30)31)16(2)32-23(37)19-14-35(25(9-10-25)24(27)28)22(36)13-21(19)33-17-7-11-34(3)12-8-17/h4-6,13-14,16-17,24,33H,7-12H2,1-3H3,(H,32,37)/t16-/m1/s1. The Morgan fingerprint density at radius 2 is 1.81 bits per heavy atom. The lowest BCUT2D eigenvalue weighted by Crippen LogP contribution is -2.40. The number of nitrogens with one attached hydrogen (secondary N) is 2. The lowest BCUT2D eigenvalue weighted by molar-refractivity contribution is -0.138. The number of benzene rings is 1. The number of aromatic nitrogens is 1. The normalized spacial score (nSPS) is 19.1. The SMILES string of the molecule is Cc1c([C@@H](C)NC(=O)c2cn(C3(C(F)F)CC3)c(=O)cc2NC2CCN(C)CC2)cccc1C(F)(F)F. The van der Waals surface area contributed by atoms with Gasteiger partial charge >= 0.3 is 6.18 Å². The van der Waals surface area contributed by atoms with Crippen LogP contribution in [-0.2, 0) is 11.7 Å². The number of halogens is 5. The topological polar surface area (TPSA) is 66.4 Å². The van der Waals surface area contributed by atoms with Gasteiger partial charge < -0.3 is 20.1 Å². The summed E-state index contributed by atoms with van der Waals surface area (Å²) in [6.45, 7) is 4.53. The van der Waals surface area contributed by atoms with Crippen molar-refractivity contribution in [3.8, 4) is 0 Å². The van der Waals surface area contributed by atoms with Gasteiger partial charge in [0.05, 0.1) is 22.9 Å². The second kappa shape index (κ2) is 10.1. The fourth-order valence-electron chi connectivity index (χ4n) is 5.03. The Bertz CT molecular complexity index is 1210. The zero-order valence-corrected chi connectivity index (χ0v) is 21.0. The average molecular weight is 527 g/mol. The zero-order valence-electron chi connectivity index (χ0n) is 21.0. The fourth-order valence-corrected chi connectivity index (χ4v) is 5.03. The fraction of sp³-hybridized carbons (Fsp3) is 0.538. The van der Waals surface area contributed by atoms with Crippen molar-refractivity contribution in [2.24, 2.45) is 0 Å². The molecule has 0 radical (unpaired) electrons. The number of hydrogen-bond acceptors (Lipinski definition) is 4. The lowest BCUT2D eigenvalue weighted by atomic mass is 9.97. The van der Waals surface area contributed by atoms with Crippen molar-refractivity contribution < 1.29 is 26.7 Å². The zero-order chi connectivity index (χ0) is 27.1. The van der Waals surface area contributed by atoms with Gasteiger partial charge in [-0.1, -0.05) is 12.1 Å². The van der Waals surface area contributed by atoms with Gasteiger partial charge in [0.1, 0.15) is 5.54 Å². The van der Waals surface area contributed by atoms with Crippen molar-refractivity contribution in [2.45, 2.75) is 69.8 Å². The van der Waals surface area contributed by atoms with Crippen LogP contribution in [0.15, 0.2) is 35.3 Å². The first kappa shape index (κ1) is 27.1. The quantitative estimate of drug-likeness (QED) is 0.503. The van der Waals surface area contributed by atoms with E-state index in [2.05, 4.69) is 15.5 Å². The summed E-state index contributed by atoms with van der Waals surface area (Å²) in [5, 5.41) is 5.94. The highest BCUT2D eigenvalue weighted by Crippen LogP contribution is 2.48. The molecule has 6 nitrogen and oxygen atoms in total. The summed E-state index contributed by atoms with van der Waals surface area (Å²) in [5.74, 6) is -0.668. The number of pyridine rings is 1. The van der Waals surface area contributed by atoms with Crippen molar-refractivity contribution in [3.05, 3.63) is 63.1 Å². The maximum atomic E-state index is 13.8. The molecule has 11 heteroatoms. The molecule has 1 amide bonds. The van der Waals surface area contributed by atoms with Gasteiger partial charge in [-0.15, -0.1) is 0 Å². The Hall–Kier alpha value is -2.95. The molecule has 2 fully saturated rings. The van der Waals surface area contributed by atoms with Gasteiger partial charge in [-0.25, -0.2) is 8.78 Å². The van der Waals surface area contributed by atoms with Crippen molar-refractivity contribution in [1.82, 2.24) is 14.8 Å². The molecule has 4 rings (SSSR count). The summed E-state index contributed by atoms with van der Waals surface area (Å²) in [7, 11) is 1.99. The summed E-state index contributed by atoms with van der Waals surface area (Å²) < 4.78 is 68.8. The number of piperidine rings is 1. The Balaban J connectivity index is 1.67. The Labute approximate surface area is 211 Å². The summed E-state index contributed by atoms with van der Waals surface area (Å²) in [5.41, 5.74) is -2.56. The van der Waals surface area contributed by atoms with Crippen LogP contribution in [0.2, 0.25) is 0 Å². The molecule has 0 unspecified atom stereocenters. The van der Waals surface area contributed by atoms with Gasteiger partial charge in [-0.05, 0) is 76.9 Å². The molecule has 2 N–H and O–H groups in total. The first-order valence-corrected chi connectivity index (χ1v) is 12.3. The second-order valence-electron chi connectivity index (χ2n) is 10.1. The molecular formula is C26H31F5N4O2. The van der Waals surface area contributed by atoms with Gasteiger partial charge in [-0.3, -0.25) is 9.59 Å². The number of alkyl halides is 5. The van der Waals surface area contributed by atoms with Crippen LogP contribution in [0.25, 0.3) is 0 Å². The third kappa shape index (κ3) is 5.51. The molecule has 2 aliphatic rings. The molecule has 1 atom stereocenters. The van der Waals surface area contributed by atoms with Crippen molar-refractivity contribution in [2.75, 3.05) is 25.5 Å². The lowest BCUT2D eigenvalue weighted by Gasteiger charge is -2.31. The highest BCUT2D eigenvalue weighted by molar-refractivity contribution is 5.99. The van der Waals surface area contributed by atoms with E-state index in [1.165, 1.54) is 31.3 Å². The van der Waals surface area contributed by atoms with Gasteiger partial charge in [-0.2, -0.15) is 13.2 Å². The van der Waals surface area contributed by atoms with Crippen LogP contribution < -0.4 is 16.2 Å². The summed E-state index contributed by atoms with van der Waals surface area (Å²) >= 11 is 0. The molecule has 1 aliphatic heterocycles. The highest BCUT2D eigenvalue weighted by Gasteiger charge is 2.53. The highest BCUT2D eigenvalue weighted by atomic mass is 19.4. The Morgan fingerprint density at radius 1 is 1.16 bits per heavy atom. The number of anilines is 1. The molecular weight excluding hydrogens is 495 g/mol. The third-order valence-corrected chi connectivity index (χ3v) is 7.52. The van der Waals surface area contributed by atoms with E-state index < -0.39 is 41.2 Å². The van der Waals surface area contributed by atoms with E-state index in [0.29, 0.717) is 0 Å². The van der Waals surface area contributed by atoms with Crippen LogP contribution in [0.1, 0.15) is 65.7 Å². The van der Waals surface area contributed by atoms with Crippen LogP contribution in [0, 0.1) is 6.92 Å². The number of carbonyl (C=O) groups excluding carboxylic acids is 1. The second-order valence-corrected chi connectivity index (χ2v) is 10.1. The number of nitrogens with zero attached hydrogens (tertiary/aromatic N) is 2. The predicted molar refractivity (Wildman–Crippen MR) is 130 cm³/mol.